The lowest BCUT2D eigenvalue weighted by Crippen LogP contribution is -2.31. The van der Waals surface area contributed by atoms with Gasteiger partial charge in [0, 0.05) is 19.2 Å². The number of hydrogen-bond donors (Lipinski definition) is 1. The molecule has 1 aromatic carbocycles. The predicted molar refractivity (Wildman–Crippen MR) is 83.4 cm³/mol. The molecule has 0 aromatic heterocycles. The van der Waals surface area contributed by atoms with E-state index in [0.717, 1.165) is 5.69 Å². The highest BCUT2D eigenvalue weighted by Crippen LogP contribution is 2.31. The first-order valence-electron chi connectivity index (χ1n) is 6.57. The first kappa shape index (κ1) is 13.9. The standard InChI is InChI=1S/C14H20FIN2/c1-18(10-6-4-2-3-5-7-10)14-8-11(15)12(16)9-13(14)17/h8-10H,2-7,17H2,1H3. The molecule has 1 aliphatic carbocycles. The van der Waals surface area contributed by atoms with Gasteiger partial charge in [0.1, 0.15) is 5.82 Å². The van der Waals surface area contributed by atoms with Crippen LogP contribution in [0.3, 0.4) is 0 Å². The molecule has 0 bridgehead atoms. The number of hydrogen-bond acceptors (Lipinski definition) is 2. The van der Waals surface area contributed by atoms with E-state index in [1.807, 2.05) is 29.6 Å². The summed E-state index contributed by atoms with van der Waals surface area (Å²) < 4.78 is 14.3. The molecule has 0 atom stereocenters. The molecular formula is C14H20FIN2. The number of benzene rings is 1. The molecule has 1 aromatic rings. The number of nitrogens with two attached hydrogens (primary N) is 1. The van der Waals surface area contributed by atoms with E-state index in [9.17, 15) is 4.39 Å². The van der Waals surface area contributed by atoms with E-state index in [2.05, 4.69) is 4.90 Å². The highest BCUT2D eigenvalue weighted by molar-refractivity contribution is 14.1. The fourth-order valence-electron chi connectivity index (χ4n) is 2.70. The predicted octanol–water partition coefficient (Wildman–Crippen LogP) is 4.17. The minimum atomic E-state index is -0.180. The van der Waals surface area contributed by atoms with E-state index >= 15 is 0 Å². The Morgan fingerprint density at radius 2 is 1.83 bits per heavy atom. The van der Waals surface area contributed by atoms with Crippen LogP contribution in [0, 0.1) is 9.39 Å². The summed E-state index contributed by atoms with van der Waals surface area (Å²) in [5.74, 6) is -0.180. The average Bonchev–Trinajstić information content (AvgIpc) is 2.61. The average molecular weight is 362 g/mol. The van der Waals surface area contributed by atoms with Crippen molar-refractivity contribution >= 4 is 34.0 Å². The lowest BCUT2D eigenvalue weighted by Gasteiger charge is -2.30. The Hall–Kier alpha value is -0.520. The number of rotatable bonds is 2. The lowest BCUT2D eigenvalue weighted by molar-refractivity contribution is 0.551. The number of halogens is 2. The maximum atomic E-state index is 13.7. The molecule has 0 radical (unpaired) electrons. The van der Waals surface area contributed by atoms with Crippen LogP contribution in [0.2, 0.25) is 0 Å². The van der Waals surface area contributed by atoms with Gasteiger partial charge in [0.15, 0.2) is 0 Å². The van der Waals surface area contributed by atoms with Gasteiger partial charge in [0.2, 0.25) is 0 Å². The van der Waals surface area contributed by atoms with Crippen molar-refractivity contribution in [2.24, 2.45) is 0 Å². The van der Waals surface area contributed by atoms with Crippen molar-refractivity contribution in [1.29, 1.82) is 0 Å². The zero-order chi connectivity index (χ0) is 13.1. The molecule has 0 spiro atoms. The summed E-state index contributed by atoms with van der Waals surface area (Å²) >= 11 is 1.98. The molecule has 2 N–H and O–H groups in total. The van der Waals surface area contributed by atoms with Crippen molar-refractivity contribution in [3.8, 4) is 0 Å². The summed E-state index contributed by atoms with van der Waals surface area (Å²) in [7, 11) is 2.04. The Labute approximate surface area is 122 Å². The third-order valence-electron chi connectivity index (χ3n) is 3.82. The second-order valence-corrected chi connectivity index (χ2v) is 6.24. The monoisotopic (exact) mass is 362 g/mol. The summed E-state index contributed by atoms with van der Waals surface area (Å²) in [6.45, 7) is 0. The Kier molecular flexibility index (Phi) is 4.70. The molecule has 100 valence electrons. The molecule has 0 heterocycles. The van der Waals surface area contributed by atoms with Gasteiger partial charge in [-0.1, -0.05) is 25.7 Å². The Morgan fingerprint density at radius 3 is 2.44 bits per heavy atom. The van der Waals surface area contributed by atoms with Gasteiger partial charge in [-0.15, -0.1) is 0 Å². The van der Waals surface area contributed by atoms with Crippen LogP contribution < -0.4 is 10.6 Å². The lowest BCUT2D eigenvalue weighted by atomic mass is 10.1. The van der Waals surface area contributed by atoms with E-state index in [4.69, 9.17) is 5.73 Å². The van der Waals surface area contributed by atoms with Crippen molar-refractivity contribution in [2.45, 2.75) is 44.6 Å². The summed E-state index contributed by atoms with van der Waals surface area (Å²) in [6.07, 6.45) is 7.54. The topological polar surface area (TPSA) is 29.3 Å². The maximum Gasteiger partial charge on any atom is 0.138 e. The van der Waals surface area contributed by atoms with Crippen LogP contribution in [0.15, 0.2) is 12.1 Å². The van der Waals surface area contributed by atoms with E-state index in [-0.39, 0.29) is 5.82 Å². The van der Waals surface area contributed by atoms with E-state index < -0.39 is 0 Å². The first-order chi connectivity index (χ1) is 8.59. The molecule has 0 aliphatic heterocycles. The second kappa shape index (κ2) is 6.08. The van der Waals surface area contributed by atoms with Crippen LogP contribution in [0.4, 0.5) is 15.8 Å². The molecule has 4 heteroatoms. The third-order valence-corrected chi connectivity index (χ3v) is 4.65. The quantitative estimate of drug-likeness (QED) is 0.486. The van der Waals surface area contributed by atoms with Gasteiger partial charge < -0.3 is 10.6 Å². The SMILES string of the molecule is CN(c1cc(F)c(I)cc1N)C1CCCCCC1. The van der Waals surface area contributed by atoms with Crippen LogP contribution in [-0.2, 0) is 0 Å². The highest BCUT2D eigenvalue weighted by atomic mass is 127. The van der Waals surface area contributed by atoms with Crippen LogP contribution in [0.5, 0.6) is 0 Å². The molecule has 2 rings (SSSR count). The fraction of sp³-hybridized carbons (Fsp3) is 0.571. The van der Waals surface area contributed by atoms with Gasteiger partial charge in [0.05, 0.1) is 14.9 Å². The molecule has 1 saturated carbocycles. The summed E-state index contributed by atoms with van der Waals surface area (Å²) in [6, 6.07) is 3.79. The first-order valence-corrected chi connectivity index (χ1v) is 7.65. The molecule has 1 aliphatic rings. The molecule has 18 heavy (non-hydrogen) atoms. The van der Waals surface area contributed by atoms with Gasteiger partial charge >= 0.3 is 0 Å². The number of nitrogens with zero attached hydrogens (tertiary/aromatic N) is 1. The van der Waals surface area contributed by atoms with Crippen molar-refractivity contribution in [3.05, 3.63) is 21.5 Å². The van der Waals surface area contributed by atoms with Gasteiger partial charge in [-0.05, 0) is 41.5 Å². The van der Waals surface area contributed by atoms with E-state index in [0.29, 0.717) is 15.3 Å². The summed E-state index contributed by atoms with van der Waals surface area (Å²) in [5, 5.41) is 0. The third kappa shape index (κ3) is 3.08. The zero-order valence-corrected chi connectivity index (χ0v) is 12.9. The summed E-state index contributed by atoms with van der Waals surface area (Å²) in [5.41, 5.74) is 7.53. The van der Waals surface area contributed by atoms with Crippen LogP contribution in [0.25, 0.3) is 0 Å². The van der Waals surface area contributed by atoms with Gasteiger partial charge in [-0.2, -0.15) is 0 Å². The largest absolute Gasteiger partial charge is 0.397 e. The van der Waals surface area contributed by atoms with Crippen LogP contribution in [-0.4, -0.2) is 13.1 Å². The second-order valence-electron chi connectivity index (χ2n) is 5.08. The zero-order valence-electron chi connectivity index (χ0n) is 10.8. The van der Waals surface area contributed by atoms with Gasteiger partial charge in [-0.3, -0.25) is 0 Å². The smallest absolute Gasteiger partial charge is 0.138 e. The van der Waals surface area contributed by atoms with Gasteiger partial charge in [-0.25, -0.2) is 4.39 Å². The van der Waals surface area contributed by atoms with Crippen LogP contribution in [0.1, 0.15) is 38.5 Å². The van der Waals surface area contributed by atoms with Crippen LogP contribution >= 0.6 is 22.6 Å². The van der Waals surface area contributed by atoms with Crippen molar-refractivity contribution in [2.75, 3.05) is 17.7 Å². The fourth-order valence-corrected chi connectivity index (χ4v) is 3.19. The maximum absolute atomic E-state index is 13.7. The number of nitrogen functional groups attached to an aromatic ring is 1. The summed E-state index contributed by atoms with van der Waals surface area (Å²) in [4.78, 5) is 2.17. The van der Waals surface area contributed by atoms with E-state index in [1.165, 1.54) is 38.5 Å². The Bertz CT molecular complexity index is 415. The molecule has 0 saturated heterocycles. The highest BCUT2D eigenvalue weighted by Gasteiger charge is 2.19. The number of anilines is 2. The van der Waals surface area contributed by atoms with Crippen molar-refractivity contribution in [3.63, 3.8) is 0 Å². The van der Waals surface area contributed by atoms with Crippen molar-refractivity contribution in [1.82, 2.24) is 0 Å². The molecule has 1 fully saturated rings. The van der Waals surface area contributed by atoms with Gasteiger partial charge in [0.25, 0.3) is 0 Å². The normalized spacial score (nSPS) is 17.5. The molecule has 0 amide bonds. The molecule has 0 unspecified atom stereocenters. The Balaban J connectivity index is 2.21. The van der Waals surface area contributed by atoms with E-state index in [1.54, 1.807) is 12.1 Å². The minimum Gasteiger partial charge on any atom is -0.397 e. The van der Waals surface area contributed by atoms with Crippen molar-refractivity contribution < 1.29 is 4.39 Å². The molecule has 2 nitrogen and oxygen atoms in total. The molecular weight excluding hydrogens is 342 g/mol. The minimum absolute atomic E-state index is 0.180. The Morgan fingerprint density at radius 1 is 1.22 bits per heavy atom.